The molecule has 0 aliphatic carbocycles. The van der Waals surface area contributed by atoms with Gasteiger partial charge in [-0.2, -0.15) is 0 Å². The van der Waals surface area contributed by atoms with Gasteiger partial charge in [-0.15, -0.1) is 0 Å². The van der Waals surface area contributed by atoms with Gasteiger partial charge in [0.2, 0.25) is 0 Å². The van der Waals surface area contributed by atoms with E-state index < -0.39 is 0 Å². The third kappa shape index (κ3) is 5.49. The fraction of sp³-hybridized carbons (Fsp3) is 0.571. The summed E-state index contributed by atoms with van der Waals surface area (Å²) in [5.41, 5.74) is 0.426. The number of anilines is 1. The molecule has 21 heavy (non-hydrogen) atoms. The Labute approximate surface area is 130 Å². The fourth-order valence-electron chi connectivity index (χ4n) is 1.77. The number of carbonyl (C=O) groups is 1. The topological polar surface area (TPSA) is 63.7 Å². The maximum Gasteiger partial charge on any atom is 0.255 e. The minimum atomic E-state index is -0.157. The molecule has 6 nitrogen and oxygen atoms in total. The predicted octanol–water partition coefficient (Wildman–Crippen LogP) is 1.90. The molecule has 0 fully saturated rings. The Hall–Kier alpha value is -1.37. The van der Waals surface area contributed by atoms with Crippen molar-refractivity contribution in [1.82, 2.24) is 9.88 Å². The number of rotatable bonds is 9. The van der Waals surface area contributed by atoms with Crippen molar-refractivity contribution >= 4 is 23.3 Å². The first-order valence-electron chi connectivity index (χ1n) is 6.80. The van der Waals surface area contributed by atoms with Crippen LogP contribution in [0.15, 0.2) is 12.3 Å². The minimum Gasteiger partial charge on any atom is -0.383 e. The molecule has 0 bridgehead atoms. The van der Waals surface area contributed by atoms with Crippen molar-refractivity contribution in [3.05, 3.63) is 22.8 Å². The number of nitrogens with zero attached hydrogens (tertiary/aromatic N) is 2. The van der Waals surface area contributed by atoms with Crippen LogP contribution in [0.25, 0.3) is 0 Å². The zero-order valence-corrected chi connectivity index (χ0v) is 13.4. The van der Waals surface area contributed by atoms with Gasteiger partial charge < -0.3 is 19.7 Å². The summed E-state index contributed by atoms with van der Waals surface area (Å²) < 4.78 is 10.1. The first kappa shape index (κ1) is 17.7. The Balaban J connectivity index is 2.92. The number of methoxy groups -OCH3 is 2. The largest absolute Gasteiger partial charge is 0.383 e. The highest BCUT2D eigenvalue weighted by Gasteiger charge is 2.19. The summed E-state index contributed by atoms with van der Waals surface area (Å²) in [6.07, 6.45) is 1.48. The van der Waals surface area contributed by atoms with Gasteiger partial charge in [0.25, 0.3) is 5.91 Å². The molecule has 0 unspecified atom stereocenters. The first-order chi connectivity index (χ1) is 10.1. The SMILES string of the molecule is CCNc1cc(C(=O)N(CCOC)CCOC)c(Cl)cn1. The summed E-state index contributed by atoms with van der Waals surface area (Å²) in [6, 6.07) is 1.67. The van der Waals surface area contributed by atoms with Crippen LogP contribution in [-0.4, -0.2) is 62.9 Å². The summed E-state index contributed by atoms with van der Waals surface area (Å²) in [5.74, 6) is 0.472. The molecule has 0 aliphatic rings. The number of nitrogens with one attached hydrogen (secondary N) is 1. The van der Waals surface area contributed by atoms with Gasteiger partial charge in [0.05, 0.1) is 23.8 Å². The normalized spacial score (nSPS) is 10.5. The average Bonchev–Trinajstić information content (AvgIpc) is 2.49. The van der Waals surface area contributed by atoms with Gasteiger partial charge in [-0.05, 0) is 13.0 Å². The monoisotopic (exact) mass is 315 g/mol. The lowest BCUT2D eigenvalue weighted by atomic mass is 10.2. The van der Waals surface area contributed by atoms with Gasteiger partial charge in [-0.1, -0.05) is 11.6 Å². The molecule has 1 aromatic rings. The molecule has 7 heteroatoms. The number of pyridine rings is 1. The molecule has 1 aromatic heterocycles. The van der Waals surface area contributed by atoms with Crippen LogP contribution in [0, 0.1) is 0 Å². The van der Waals surface area contributed by atoms with E-state index in [0.29, 0.717) is 42.7 Å². The molecule has 0 atom stereocenters. The van der Waals surface area contributed by atoms with Crippen molar-refractivity contribution in [1.29, 1.82) is 0 Å². The second kappa shape index (κ2) is 9.55. The van der Waals surface area contributed by atoms with Gasteiger partial charge in [0.1, 0.15) is 5.82 Å². The van der Waals surface area contributed by atoms with Crippen molar-refractivity contribution in [3.8, 4) is 0 Å². The van der Waals surface area contributed by atoms with Crippen molar-refractivity contribution in [2.45, 2.75) is 6.92 Å². The van der Waals surface area contributed by atoms with Crippen molar-refractivity contribution in [2.24, 2.45) is 0 Å². The summed E-state index contributed by atoms with van der Waals surface area (Å²) in [5, 5.41) is 3.40. The molecule has 1 amide bonds. The molecule has 1 N–H and O–H groups in total. The van der Waals surface area contributed by atoms with E-state index in [1.165, 1.54) is 6.20 Å². The number of halogens is 1. The average molecular weight is 316 g/mol. The van der Waals surface area contributed by atoms with Crippen LogP contribution >= 0.6 is 11.6 Å². The smallest absolute Gasteiger partial charge is 0.255 e. The van der Waals surface area contributed by atoms with E-state index >= 15 is 0 Å². The lowest BCUT2D eigenvalue weighted by molar-refractivity contribution is 0.0627. The summed E-state index contributed by atoms with van der Waals surface area (Å²) in [4.78, 5) is 18.4. The third-order valence-corrected chi connectivity index (χ3v) is 3.16. The lowest BCUT2D eigenvalue weighted by Crippen LogP contribution is -2.36. The molecule has 0 saturated carbocycles. The maximum atomic E-state index is 12.6. The molecule has 0 aliphatic heterocycles. The summed E-state index contributed by atoms with van der Waals surface area (Å²) in [7, 11) is 3.20. The van der Waals surface area contributed by atoms with Crippen molar-refractivity contribution in [3.63, 3.8) is 0 Å². The second-order valence-electron chi connectivity index (χ2n) is 4.36. The lowest BCUT2D eigenvalue weighted by Gasteiger charge is -2.22. The van der Waals surface area contributed by atoms with Gasteiger partial charge in [-0.3, -0.25) is 4.79 Å². The van der Waals surface area contributed by atoms with Gasteiger partial charge in [-0.25, -0.2) is 4.98 Å². The van der Waals surface area contributed by atoms with Crippen LogP contribution in [-0.2, 0) is 9.47 Å². The van der Waals surface area contributed by atoms with E-state index in [2.05, 4.69) is 10.3 Å². The van der Waals surface area contributed by atoms with Crippen LogP contribution in [0.1, 0.15) is 17.3 Å². The number of amides is 1. The molecule has 0 radical (unpaired) electrons. The summed E-state index contributed by atoms with van der Waals surface area (Å²) >= 11 is 6.10. The van der Waals surface area contributed by atoms with E-state index in [-0.39, 0.29) is 5.91 Å². The quantitative estimate of drug-likeness (QED) is 0.754. The second-order valence-corrected chi connectivity index (χ2v) is 4.76. The van der Waals surface area contributed by atoms with Crippen LogP contribution in [0.4, 0.5) is 5.82 Å². The van der Waals surface area contributed by atoms with Crippen LogP contribution in [0.5, 0.6) is 0 Å². The molecule has 0 aromatic carbocycles. The zero-order valence-electron chi connectivity index (χ0n) is 12.7. The maximum absolute atomic E-state index is 12.6. The number of ether oxygens (including phenoxy) is 2. The highest BCUT2D eigenvalue weighted by molar-refractivity contribution is 6.33. The predicted molar refractivity (Wildman–Crippen MR) is 83.1 cm³/mol. The molecular formula is C14H22ClN3O3. The Morgan fingerprint density at radius 2 is 1.95 bits per heavy atom. The first-order valence-corrected chi connectivity index (χ1v) is 7.18. The van der Waals surface area contributed by atoms with E-state index in [9.17, 15) is 4.79 Å². The van der Waals surface area contributed by atoms with Gasteiger partial charge in [0.15, 0.2) is 0 Å². The van der Waals surface area contributed by atoms with Crippen molar-refractivity contribution in [2.75, 3.05) is 52.4 Å². The van der Waals surface area contributed by atoms with E-state index in [1.807, 2.05) is 6.92 Å². The van der Waals surface area contributed by atoms with Crippen molar-refractivity contribution < 1.29 is 14.3 Å². The molecular weight excluding hydrogens is 294 g/mol. The standard InChI is InChI=1S/C14H22ClN3O3/c1-4-16-13-9-11(12(15)10-17-13)14(19)18(5-7-20-2)6-8-21-3/h9-10H,4-8H2,1-3H3,(H,16,17). The molecule has 1 rings (SSSR count). The van der Waals surface area contributed by atoms with Crippen LogP contribution < -0.4 is 5.32 Å². The van der Waals surface area contributed by atoms with Gasteiger partial charge in [0, 0.05) is 40.1 Å². The number of aromatic nitrogens is 1. The summed E-state index contributed by atoms with van der Waals surface area (Å²) in [6.45, 7) is 4.55. The highest BCUT2D eigenvalue weighted by atomic mass is 35.5. The minimum absolute atomic E-state index is 0.157. The Bertz CT molecular complexity index is 449. The van der Waals surface area contributed by atoms with Crippen LogP contribution in [0.2, 0.25) is 5.02 Å². The van der Waals surface area contributed by atoms with E-state index in [1.54, 1.807) is 25.2 Å². The molecule has 1 heterocycles. The Morgan fingerprint density at radius 1 is 1.33 bits per heavy atom. The highest BCUT2D eigenvalue weighted by Crippen LogP contribution is 2.20. The van der Waals surface area contributed by atoms with E-state index in [4.69, 9.17) is 21.1 Å². The Kier molecular flexibility index (Phi) is 8.04. The molecule has 118 valence electrons. The van der Waals surface area contributed by atoms with E-state index in [0.717, 1.165) is 6.54 Å². The fourth-order valence-corrected chi connectivity index (χ4v) is 1.95. The zero-order chi connectivity index (χ0) is 15.7. The number of hydrogen-bond acceptors (Lipinski definition) is 5. The molecule has 0 spiro atoms. The Morgan fingerprint density at radius 3 is 2.48 bits per heavy atom. The molecule has 0 saturated heterocycles. The number of hydrogen-bond donors (Lipinski definition) is 1. The van der Waals surface area contributed by atoms with Gasteiger partial charge >= 0.3 is 0 Å². The number of carbonyl (C=O) groups excluding carboxylic acids is 1. The third-order valence-electron chi connectivity index (χ3n) is 2.86. The van der Waals surface area contributed by atoms with Crippen LogP contribution in [0.3, 0.4) is 0 Å².